The number of benzene rings is 1. The van der Waals surface area contributed by atoms with Crippen molar-refractivity contribution in [2.75, 3.05) is 25.1 Å². The largest absolute Gasteiger partial charge is 0.383 e. The van der Waals surface area contributed by atoms with Gasteiger partial charge in [-0.25, -0.2) is 8.51 Å². The second kappa shape index (κ2) is 8.56. The minimum atomic E-state index is -0.996. The molecule has 4 rings (SSSR count). The molecule has 7 nitrogen and oxygen atoms in total. The van der Waals surface area contributed by atoms with Crippen molar-refractivity contribution < 1.29 is 4.21 Å². The lowest BCUT2D eigenvalue weighted by Crippen LogP contribution is -2.22. The summed E-state index contributed by atoms with van der Waals surface area (Å²) < 4.78 is 14.5. The minimum Gasteiger partial charge on any atom is -0.383 e. The summed E-state index contributed by atoms with van der Waals surface area (Å²) in [5.74, 6) is 0.515. The van der Waals surface area contributed by atoms with Crippen LogP contribution in [0.5, 0.6) is 0 Å². The van der Waals surface area contributed by atoms with Crippen LogP contribution in [0.4, 0.5) is 5.82 Å². The Morgan fingerprint density at radius 3 is 2.79 bits per heavy atom. The highest BCUT2D eigenvalue weighted by Gasteiger charge is 2.28. The van der Waals surface area contributed by atoms with Crippen molar-refractivity contribution in [3.8, 4) is 11.1 Å². The summed E-state index contributed by atoms with van der Waals surface area (Å²) in [5.41, 5.74) is 9.63. The third kappa shape index (κ3) is 4.31. The van der Waals surface area contributed by atoms with E-state index in [0.717, 1.165) is 40.7 Å². The standard InChI is InChI=1S/C20H21BrN6OS/c1-29(28)27-7-6-14(12-27)19-18(21)20(22)26-25-11-16(10-24-19)15-8-13-4-2-3-5-17(13)23-9-15/h2-5,8-11,14,26H,6-7,12,22H2,1H3. The third-order valence-corrected chi connectivity index (χ3v) is 6.91. The lowest BCUT2D eigenvalue weighted by atomic mass is 10.0. The molecule has 1 aliphatic heterocycles. The molecular weight excluding hydrogens is 452 g/mol. The number of halogens is 1. The number of aromatic amines is 1. The molecule has 3 heterocycles. The first-order valence-electron chi connectivity index (χ1n) is 9.19. The molecule has 3 aromatic rings. The molecule has 1 aliphatic rings. The number of rotatable bonds is 3. The van der Waals surface area contributed by atoms with Crippen LogP contribution in [0.25, 0.3) is 22.0 Å². The molecule has 2 atom stereocenters. The number of anilines is 1. The molecule has 0 aliphatic carbocycles. The van der Waals surface area contributed by atoms with Gasteiger partial charge in [0.15, 0.2) is 0 Å². The topological polar surface area (TPSA) is 101 Å². The van der Waals surface area contributed by atoms with Gasteiger partial charge in [0.25, 0.3) is 0 Å². The van der Waals surface area contributed by atoms with Crippen molar-refractivity contribution in [1.82, 2.24) is 24.5 Å². The van der Waals surface area contributed by atoms with Gasteiger partial charge >= 0.3 is 0 Å². The number of para-hydroxylation sites is 1. The Bertz CT molecular complexity index is 1130. The second-order valence-electron chi connectivity index (χ2n) is 6.91. The van der Waals surface area contributed by atoms with Gasteiger partial charge in [-0.1, -0.05) is 18.2 Å². The first-order valence-corrected chi connectivity index (χ1v) is 11.5. The fourth-order valence-corrected chi connectivity index (χ4v) is 4.70. The van der Waals surface area contributed by atoms with E-state index in [1.165, 1.54) is 0 Å². The second-order valence-corrected chi connectivity index (χ2v) is 9.07. The third-order valence-electron chi connectivity index (χ3n) is 5.02. The fraction of sp³-hybridized carbons (Fsp3) is 0.250. The Morgan fingerprint density at radius 1 is 1.21 bits per heavy atom. The molecular formula is C20H21BrN6OS. The summed E-state index contributed by atoms with van der Waals surface area (Å²) in [5, 5.41) is 8.16. The molecule has 0 saturated carbocycles. The average molecular weight is 473 g/mol. The number of hydrogen-bond donors (Lipinski definition) is 2. The molecule has 9 heteroatoms. The Labute approximate surface area is 179 Å². The van der Waals surface area contributed by atoms with E-state index in [2.05, 4.69) is 37.2 Å². The minimum absolute atomic E-state index is 0.124. The van der Waals surface area contributed by atoms with Crippen molar-refractivity contribution in [2.45, 2.75) is 12.3 Å². The Kier molecular flexibility index (Phi) is 5.89. The molecule has 2 unspecified atom stereocenters. The molecule has 0 radical (unpaired) electrons. The molecule has 0 spiro atoms. The smallest absolute Gasteiger partial charge is 0.133 e. The van der Waals surface area contributed by atoms with E-state index in [1.54, 1.807) is 18.6 Å². The number of H-pyrrole nitrogens is 1. The molecule has 3 N–H and O–H groups in total. The number of nitrogens with one attached hydrogen (secondary N) is 1. The van der Waals surface area contributed by atoms with Crippen LogP contribution < -0.4 is 5.73 Å². The van der Waals surface area contributed by atoms with Crippen molar-refractivity contribution in [2.24, 2.45) is 0 Å². The van der Waals surface area contributed by atoms with Crippen molar-refractivity contribution >= 4 is 43.6 Å². The molecule has 1 saturated heterocycles. The van der Waals surface area contributed by atoms with Gasteiger partial charge in [-0.2, -0.15) is 5.10 Å². The highest BCUT2D eigenvalue weighted by molar-refractivity contribution is 9.10. The number of hydrogen-bond acceptors (Lipinski definition) is 5. The van der Waals surface area contributed by atoms with Crippen LogP contribution >= 0.6 is 15.9 Å². The fourth-order valence-electron chi connectivity index (χ4n) is 3.44. The quantitative estimate of drug-likeness (QED) is 0.606. The van der Waals surface area contributed by atoms with Gasteiger partial charge in [0.2, 0.25) is 0 Å². The average Bonchev–Trinajstić information content (AvgIpc) is 3.23. The van der Waals surface area contributed by atoms with Gasteiger partial charge in [-0.05, 0) is 34.5 Å². The SMILES string of the molecule is CS(=O)N1CCC(c2ncc(-c3cnc4ccccc4c3)cn[nH]c(N)c2Br)C1. The van der Waals surface area contributed by atoms with Crippen molar-refractivity contribution in [3.63, 3.8) is 0 Å². The molecule has 1 aromatic carbocycles. The molecule has 2 aromatic heterocycles. The maximum atomic E-state index is 11.8. The van der Waals surface area contributed by atoms with Gasteiger partial charge in [-0.3, -0.25) is 15.1 Å². The number of nitrogens with two attached hydrogens (primary N) is 1. The summed E-state index contributed by atoms with van der Waals surface area (Å²) in [4.78, 5) is 9.31. The maximum Gasteiger partial charge on any atom is 0.133 e. The van der Waals surface area contributed by atoms with E-state index < -0.39 is 11.0 Å². The molecule has 1 fully saturated rings. The van der Waals surface area contributed by atoms with E-state index >= 15 is 0 Å². The van der Waals surface area contributed by atoms with Gasteiger partial charge in [-0.15, -0.1) is 0 Å². The van der Waals surface area contributed by atoms with E-state index in [1.807, 2.05) is 34.8 Å². The van der Waals surface area contributed by atoms with E-state index in [4.69, 9.17) is 10.7 Å². The lowest BCUT2D eigenvalue weighted by Gasteiger charge is -2.12. The van der Waals surface area contributed by atoms with Gasteiger partial charge in [0.05, 0.1) is 32.9 Å². The van der Waals surface area contributed by atoms with E-state index in [0.29, 0.717) is 16.8 Å². The van der Waals surface area contributed by atoms with Crippen molar-refractivity contribution in [3.05, 3.63) is 59.1 Å². The number of aromatic nitrogens is 4. The van der Waals surface area contributed by atoms with Gasteiger partial charge in [0.1, 0.15) is 5.82 Å². The normalized spacial score (nSPS) is 17.9. The monoisotopic (exact) mass is 472 g/mol. The number of nitrogens with zero attached hydrogens (tertiary/aromatic N) is 4. The first kappa shape index (κ1) is 19.9. The molecule has 0 amide bonds. The summed E-state index contributed by atoms with van der Waals surface area (Å²) in [6, 6.07) is 10.0. The predicted molar refractivity (Wildman–Crippen MR) is 120 cm³/mol. The molecule has 150 valence electrons. The van der Waals surface area contributed by atoms with Crippen LogP contribution in [-0.2, 0) is 11.0 Å². The van der Waals surface area contributed by atoms with Gasteiger partial charge in [0, 0.05) is 54.2 Å². The summed E-state index contributed by atoms with van der Waals surface area (Å²) in [6.45, 7) is 1.44. The van der Waals surface area contributed by atoms with Crippen LogP contribution in [-0.4, -0.2) is 48.0 Å². The van der Waals surface area contributed by atoms with Crippen LogP contribution in [0.2, 0.25) is 0 Å². The number of fused-ring (bicyclic) bond motifs is 1. The summed E-state index contributed by atoms with van der Waals surface area (Å²) >= 11 is 3.57. The van der Waals surface area contributed by atoms with Crippen LogP contribution in [0.3, 0.4) is 0 Å². The predicted octanol–water partition coefficient (Wildman–Crippen LogP) is 3.57. The van der Waals surface area contributed by atoms with Crippen LogP contribution in [0.1, 0.15) is 18.0 Å². The van der Waals surface area contributed by atoms with Gasteiger partial charge < -0.3 is 5.73 Å². The maximum absolute atomic E-state index is 11.8. The Balaban J connectivity index is 1.80. The first-order chi connectivity index (χ1) is 14.0. The van der Waals surface area contributed by atoms with E-state index in [9.17, 15) is 4.21 Å². The molecule has 29 heavy (non-hydrogen) atoms. The zero-order valence-electron chi connectivity index (χ0n) is 15.9. The summed E-state index contributed by atoms with van der Waals surface area (Å²) in [6.07, 6.45) is 7.86. The Hall–Kier alpha value is -2.36. The highest BCUT2D eigenvalue weighted by atomic mass is 79.9. The van der Waals surface area contributed by atoms with Crippen LogP contribution in [0, 0.1) is 0 Å². The molecule has 0 bridgehead atoms. The number of pyridine rings is 1. The Morgan fingerprint density at radius 2 is 2.00 bits per heavy atom. The lowest BCUT2D eigenvalue weighted by molar-refractivity contribution is 0.530. The summed E-state index contributed by atoms with van der Waals surface area (Å²) in [7, 11) is -0.996. The number of nitrogen functional groups attached to an aromatic ring is 1. The zero-order chi connectivity index (χ0) is 20.4. The van der Waals surface area contributed by atoms with Crippen LogP contribution in [0.15, 0.2) is 53.4 Å². The highest BCUT2D eigenvalue weighted by Crippen LogP contribution is 2.32. The zero-order valence-corrected chi connectivity index (χ0v) is 18.3. The van der Waals surface area contributed by atoms with E-state index in [-0.39, 0.29) is 5.92 Å². The van der Waals surface area contributed by atoms with Crippen molar-refractivity contribution in [1.29, 1.82) is 0 Å².